The van der Waals surface area contributed by atoms with Crippen molar-refractivity contribution in [1.29, 1.82) is 0 Å². The van der Waals surface area contributed by atoms with Gasteiger partial charge in [-0.1, -0.05) is 23.4 Å². The Bertz CT molecular complexity index is 1030. The van der Waals surface area contributed by atoms with Gasteiger partial charge < -0.3 is 10.3 Å². The molecule has 0 unspecified atom stereocenters. The highest BCUT2D eigenvalue weighted by Gasteiger charge is 2.20. The van der Waals surface area contributed by atoms with Crippen LogP contribution in [0.4, 0.5) is 5.82 Å². The normalized spacial score (nSPS) is 13.6. The number of hydrogen-bond acceptors (Lipinski definition) is 6. The van der Waals surface area contributed by atoms with Crippen LogP contribution in [0.1, 0.15) is 23.3 Å². The molecule has 0 atom stereocenters. The van der Waals surface area contributed by atoms with Crippen molar-refractivity contribution < 1.29 is 4.79 Å². The van der Waals surface area contributed by atoms with E-state index in [1.54, 1.807) is 23.5 Å². The number of aromatic nitrogens is 3. The van der Waals surface area contributed by atoms with E-state index in [4.69, 9.17) is 11.6 Å². The van der Waals surface area contributed by atoms with Crippen LogP contribution in [0.15, 0.2) is 28.3 Å². The first-order valence-electron chi connectivity index (χ1n) is 8.19. The van der Waals surface area contributed by atoms with Gasteiger partial charge in [-0.15, -0.1) is 11.3 Å². The van der Waals surface area contributed by atoms with Crippen LogP contribution in [0.3, 0.4) is 0 Å². The maximum atomic E-state index is 12.5. The van der Waals surface area contributed by atoms with Gasteiger partial charge in [0.05, 0.1) is 16.2 Å². The molecule has 0 saturated carbocycles. The van der Waals surface area contributed by atoms with Crippen molar-refractivity contribution in [1.82, 2.24) is 15.0 Å². The summed E-state index contributed by atoms with van der Waals surface area (Å²) < 4.78 is 0. The van der Waals surface area contributed by atoms with Crippen LogP contribution in [0, 0.1) is 0 Å². The molecule has 0 radical (unpaired) electrons. The number of H-pyrrole nitrogens is 1. The van der Waals surface area contributed by atoms with Gasteiger partial charge in [0.1, 0.15) is 10.6 Å². The Morgan fingerprint density at radius 1 is 1.35 bits per heavy atom. The van der Waals surface area contributed by atoms with Gasteiger partial charge in [-0.05, 0) is 43.4 Å². The van der Waals surface area contributed by atoms with Crippen LogP contribution in [-0.2, 0) is 17.6 Å². The van der Waals surface area contributed by atoms with E-state index in [9.17, 15) is 9.59 Å². The topological polar surface area (TPSA) is 87.7 Å². The van der Waals surface area contributed by atoms with E-state index in [1.807, 2.05) is 0 Å². The highest BCUT2D eigenvalue weighted by Crippen LogP contribution is 2.34. The lowest BCUT2D eigenvalue weighted by molar-refractivity contribution is -0.113. The van der Waals surface area contributed by atoms with E-state index >= 15 is 0 Å². The number of aryl methyl sites for hydroxylation is 2. The van der Waals surface area contributed by atoms with Crippen molar-refractivity contribution in [2.45, 2.75) is 30.8 Å². The molecule has 3 aromatic heterocycles. The summed E-state index contributed by atoms with van der Waals surface area (Å²) in [6, 6.07) is 3.29. The lowest BCUT2D eigenvalue weighted by Crippen LogP contribution is -2.16. The smallest absolute Gasteiger partial charge is 0.260 e. The van der Waals surface area contributed by atoms with E-state index in [2.05, 4.69) is 20.3 Å². The first-order valence-corrected chi connectivity index (χ1v) is 10.4. The molecule has 3 heterocycles. The number of thiophene rings is 1. The maximum Gasteiger partial charge on any atom is 0.260 e. The Morgan fingerprint density at radius 2 is 2.19 bits per heavy atom. The summed E-state index contributed by atoms with van der Waals surface area (Å²) in [5, 5.41) is 4.37. The number of pyridine rings is 1. The minimum Gasteiger partial charge on any atom is -0.310 e. The zero-order chi connectivity index (χ0) is 18.1. The Kier molecular flexibility index (Phi) is 4.97. The Hall–Kier alpha value is -1.90. The van der Waals surface area contributed by atoms with Gasteiger partial charge >= 0.3 is 0 Å². The Balaban J connectivity index is 1.48. The standard InChI is InChI=1S/C17H15ClN4O2S2/c18-9-5-6-12(19-7-9)20-13(23)8-25-17-21-15(24)14-10-3-1-2-4-11(10)26-16(14)22-17/h5-7H,1-4,8H2,(H,19,20,23)(H,21,22,24). The number of nitrogens with one attached hydrogen (secondary N) is 2. The van der Waals surface area contributed by atoms with Crippen molar-refractivity contribution >= 4 is 56.6 Å². The SMILES string of the molecule is O=C(CSc1nc2sc3c(c2c(=O)[nH]1)CCCC3)Nc1ccc(Cl)cn1. The lowest BCUT2D eigenvalue weighted by atomic mass is 9.97. The van der Waals surface area contributed by atoms with E-state index in [1.165, 1.54) is 22.8 Å². The molecule has 0 bridgehead atoms. The first-order chi connectivity index (χ1) is 12.6. The van der Waals surface area contributed by atoms with Crippen LogP contribution in [0.25, 0.3) is 10.2 Å². The molecule has 0 aromatic carbocycles. The number of halogens is 1. The molecule has 3 aromatic rings. The zero-order valence-corrected chi connectivity index (χ0v) is 16.1. The first kappa shape index (κ1) is 17.5. The molecule has 9 heteroatoms. The summed E-state index contributed by atoms with van der Waals surface area (Å²) in [5.41, 5.74) is 1.05. The minimum atomic E-state index is -0.224. The van der Waals surface area contributed by atoms with Crippen molar-refractivity contribution in [3.63, 3.8) is 0 Å². The maximum absolute atomic E-state index is 12.5. The highest BCUT2D eigenvalue weighted by atomic mass is 35.5. The van der Waals surface area contributed by atoms with Gasteiger partial charge in [-0.2, -0.15) is 0 Å². The molecular weight excluding hydrogens is 392 g/mol. The number of hydrogen-bond donors (Lipinski definition) is 2. The molecular formula is C17H15ClN4O2S2. The number of carbonyl (C=O) groups is 1. The lowest BCUT2D eigenvalue weighted by Gasteiger charge is -2.09. The number of thioether (sulfide) groups is 1. The number of fused-ring (bicyclic) bond motifs is 3. The fraction of sp³-hybridized carbons (Fsp3) is 0.294. The van der Waals surface area contributed by atoms with E-state index in [0.717, 1.165) is 41.5 Å². The fourth-order valence-electron chi connectivity index (χ4n) is 2.98. The molecule has 0 saturated heterocycles. The van der Waals surface area contributed by atoms with Crippen molar-refractivity contribution in [2.75, 3.05) is 11.1 Å². The molecule has 2 N–H and O–H groups in total. The highest BCUT2D eigenvalue weighted by molar-refractivity contribution is 7.99. The summed E-state index contributed by atoms with van der Waals surface area (Å²) in [6.45, 7) is 0. The van der Waals surface area contributed by atoms with E-state index < -0.39 is 0 Å². The van der Waals surface area contributed by atoms with Crippen molar-refractivity contribution in [2.24, 2.45) is 0 Å². The molecule has 26 heavy (non-hydrogen) atoms. The van der Waals surface area contributed by atoms with E-state index in [0.29, 0.717) is 16.0 Å². The van der Waals surface area contributed by atoms with Gasteiger partial charge in [0.25, 0.3) is 5.56 Å². The van der Waals surface area contributed by atoms with Gasteiger partial charge in [0.15, 0.2) is 5.16 Å². The zero-order valence-electron chi connectivity index (χ0n) is 13.7. The van der Waals surface area contributed by atoms with Gasteiger partial charge in [0.2, 0.25) is 5.91 Å². The van der Waals surface area contributed by atoms with Gasteiger partial charge in [-0.3, -0.25) is 9.59 Å². The molecule has 4 rings (SSSR count). The van der Waals surface area contributed by atoms with Crippen molar-refractivity contribution in [3.8, 4) is 0 Å². The van der Waals surface area contributed by atoms with Gasteiger partial charge in [-0.25, -0.2) is 9.97 Å². The molecule has 1 amide bonds. The average molecular weight is 407 g/mol. The Morgan fingerprint density at radius 3 is 3.00 bits per heavy atom. The number of anilines is 1. The number of carbonyl (C=O) groups excluding carboxylic acids is 1. The largest absolute Gasteiger partial charge is 0.310 e. The van der Waals surface area contributed by atoms with Crippen LogP contribution >= 0.6 is 34.7 Å². The van der Waals surface area contributed by atoms with Crippen LogP contribution in [0.2, 0.25) is 5.02 Å². The third-order valence-electron chi connectivity index (χ3n) is 4.14. The third kappa shape index (κ3) is 3.62. The Labute approximate surface area is 162 Å². The number of amides is 1. The van der Waals surface area contributed by atoms with Crippen LogP contribution < -0.4 is 10.9 Å². The third-order valence-corrected chi connectivity index (χ3v) is 6.42. The predicted molar refractivity (Wildman–Crippen MR) is 105 cm³/mol. The second-order valence-electron chi connectivity index (χ2n) is 5.96. The van der Waals surface area contributed by atoms with Crippen LogP contribution in [-0.4, -0.2) is 26.6 Å². The summed E-state index contributed by atoms with van der Waals surface area (Å²) in [7, 11) is 0. The second kappa shape index (κ2) is 7.38. The predicted octanol–water partition coefficient (Wildman–Crippen LogP) is 3.64. The van der Waals surface area contributed by atoms with Crippen molar-refractivity contribution in [3.05, 3.63) is 44.1 Å². The summed E-state index contributed by atoms with van der Waals surface area (Å²) in [6.07, 6.45) is 5.72. The molecule has 0 aliphatic heterocycles. The molecule has 1 aliphatic rings. The monoisotopic (exact) mass is 406 g/mol. The summed E-state index contributed by atoms with van der Waals surface area (Å²) in [4.78, 5) is 37.9. The summed E-state index contributed by atoms with van der Waals surface area (Å²) in [5.74, 6) is 0.338. The number of rotatable bonds is 4. The molecule has 0 spiro atoms. The quantitative estimate of drug-likeness (QED) is 0.510. The van der Waals surface area contributed by atoms with Crippen LogP contribution in [0.5, 0.6) is 0 Å². The minimum absolute atomic E-state index is 0.114. The molecule has 6 nitrogen and oxygen atoms in total. The van der Waals surface area contributed by atoms with E-state index in [-0.39, 0.29) is 17.2 Å². The number of aromatic amines is 1. The van der Waals surface area contributed by atoms with Gasteiger partial charge in [0, 0.05) is 11.1 Å². The number of nitrogens with zero attached hydrogens (tertiary/aromatic N) is 2. The fourth-order valence-corrected chi connectivity index (χ4v) is 5.07. The molecule has 134 valence electrons. The average Bonchev–Trinajstić information content (AvgIpc) is 3.01. The second-order valence-corrected chi connectivity index (χ2v) is 8.44. The molecule has 1 aliphatic carbocycles. The molecule has 0 fully saturated rings. The summed E-state index contributed by atoms with van der Waals surface area (Å²) >= 11 is 8.57.